The smallest absolute Gasteiger partial charge is 0.373 e. The summed E-state index contributed by atoms with van der Waals surface area (Å²) in [5, 5.41) is 0. The third-order valence-electron chi connectivity index (χ3n) is 3.86. The minimum Gasteiger partial charge on any atom is -0.463 e. The number of carbonyl (C=O) groups is 1. The van der Waals surface area contributed by atoms with Gasteiger partial charge in [-0.15, -0.1) is 0 Å². The molecule has 0 saturated carbocycles. The van der Waals surface area contributed by atoms with Crippen molar-refractivity contribution in [1.82, 2.24) is 0 Å². The molecule has 1 aromatic carbocycles. The van der Waals surface area contributed by atoms with Gasteiger partial charge in [0.1, 0.15) is 0 Å². The minimum atomic E-state index is -0.668. The summed E-state index contributed by atoms with van der Waals surface area (Å²) in [6, 6.07) is 10.1. The molecule has 1 saturated heterocycles. The summed E-state index contributed by atoms with van der Waals surface area (Å²) < 4.78 is 16.4. The highest BCUT2D eigenvalue weighted by atomic mass is 16.7. The maximum Gasteiger partial charge on any atom is 0.373 e. The van der Waals surface area contributed by atoms with Gasteiger partial charge in [-0.05, 0) is 18.1 Å². The summed E-state index contributed by atoms with van der Waals surface area (Å²) in [5.41, 5.74) is 1.16. The summed E-state index contributed by atoms with van der Waals surface area (Å²) in [4.78, 5) is 11.8. The van der Waals surface area contributed by atoms with E-state index >= 15 is 0 Å². The predicted octanol–water partition coefficient (Wildman–Crippen LogP) is 2.75. The summed E-state index contributed by atoms with van der Waals surface area (Å²) in [6.45, 7) is 0.677. The lowest BCUT2D eigenvalue weighted by Gasteiger charge is -2.36. The average Bonchev–Trinajstić information content (AvgIpc) is 2.94. The van der Waals surface area contributed by atoms with Crippen LogP contribution in [0.15, 0.2) is 42.2 Å². The Hall–Kier alpha value is -1.81. The largest absolute Gasteiger partial charge is 0.463 e. The van der Waals surface area contributed by atoms with E-state index in [1.165, 1.54) is 7.11 Å². The number of rotatable bonds is 2. The van der Waals surface area contributed by atoms with Crippen LogP contribution in [0.5, 0.6) is 0 Å². The summed E-state index contributed by atoms with van der Waals surface area (Å²) in [6.07, 6.45) is 4.34. The molecule has 2 atom stereocenters. The number of hydrogen-bond donors (Lipinski definition) is 0. The number of esters is 1. The molecule has 0 radical (unpaired) electrons. The first-order valence-electron chi connectivity index (χ1n) is 6.90. The van der Waals surface area contributed by atoms with Crippen molar-refractivity contribution in [2.45, 2.75) is 31.0 Å². The van der Waals surface area contributed by atoms with E-state index < -0.39 is 11.8 Å². The fraction of sp³-hybridized carbons (Fsp3) is 0.438. The maximum absolute atomic E-state index is 11.8. The van der Waals surface area contributed by atoms with Gasteiger partial charge in [0.2, 0.25) is 11.5 Å². The Morgan fingerprint density at radius 2 is 2.15 bits per heavy atom. The van der Waals surface area contributed by atoms with E-state index in [-0.39, 0.29) is 11.7 Å². The van der Waals surface area contributed by atoms with Gasteiger partial charge in [-0.2, -0.15) is 0 Å². The Kier molecular flexibility index (Phi) is 3.49. The van der Waals surface area contributed by atoms with Gasteiger partial charge in [0.05, 0.1) is 13.7 Å². The third kappa shape index (κ3) is 2.43. The molecular weight excluding hydrogens is 256 g/mol. The normalized spacial score (nSPS) is 28.9. The molecule has 2 aliphatic rings. The van der Waals surface area contributed by atoms with Crippen LogP contribution in [0.4, 0.5) is 0 Å². The minimum absolute atomic E-state index is 0.108. The Morgan fingerprint density at radius 3 is 2.80 bits per heavy atom. The number of ether oxygens (including phenoxy) is 3. The molecule has 3 rings (SSSR count). The molecule has 4 nitrogen and oxygen atoms in total. The second-order valence-electron chi connectivity index (χ2n) is 5.21. The fourth-order valence-electron chi connectivity index (χ4n) is 2.89. The first kappa shape index (κ1) is 13.2. The molecule has 0 bridgehead atoms. The second-order valence-corrected chi connectivity index (χ2v) is 5.21. The number of methoxy groups -OCH3 is 1. The standard InChI is InChI=1S/C16H18O4/c1-18-15(17)14-10-13(12-6-3-2-4-7-12)11-16(20-14)8-5-9-19-16/h2-4,6-7,10,13H,5,8-9,11H2,1H3/t13-,16+/m0/s1. The van der Waals surface area contributed by atoms with Gasteiger partial charge < -0.3 is 14.2 Å². The van der Waals surface area contributed by atoms with Crippen molar-refractivity contribution >= 4 is 5.97 Å². The number of benzene rings is 1. The zero-order valence-electron chi connectivity index (χ0n) is 11.5. The van der Waals surface area contributed by atoms with Gasteiger partial charge in [0, 0.05) is 18.8 Å². The molecule has 106 valence electrons. The molecule has 0 aliphatic carbocycles. The monoisotopic (exact) mass is 274 g/mol. The quantitative estimate of drug-likeness (QED) is 0.778. The van der Waals surface area contributed by atoms with Gasteiger partial charge in [-0.25, -0.2) is 4.79 Å². The topological polar surface area (TPSA) is 44.8 Å². The number of hydrogen-bond acceptors (Lipinski definition) is 4. The van der Waals surface area contributed by atoms with Crippen molar-refractivity contribution in [2.24, 2.45) is 0 Å². The van der Waals surface area contributed by atoms with Crippen molar-refractivity contribution in [3.63, 3.8) is 0 Å². The summed E-state index contributed by atoms with van der Waals surface area (Å²) in [7, 11) is 1.36. The van der Waals surface area contributed by atoms with E-state index in [9.17, 15) is 4.79 Å². The van der Waals surface area contributed by atoms with Crippen LogP contribution in [-0.4, -0.2) is 25.5 Å². The second kappa shape index (κ2) is 5.29. The van der Waals surface area contributed by atoms with E-state index in [1.54, 1.807) is 0 Å². The Balaban J connectivity index is 1.94. The van der Waals surface area contributed by atoms with Gasteiger partial charge in [-0.1, -0.05) is 30.3 Å². The molecular formula is C16H18O4. The van der Waals surface area contributed by atoms with Crippen molar-refractivity contribution in [3.05, 3.63) is 47.7 Å². The van der Waals surface area contributed by atoms with Gasteiger partial charge in [0.15, 0.2) is 0 Å². The summed E-state index contributed by atoms with van der Waals surface area (Å²) >= 11 is 0. The lowest BCUT2D eigenvalue weighted by Crippen LogP contribution is -2.38. The van der Waals surface area contributed by atoms with E-state index in [2.05, 4.69) is 12.1 Å². The molecule has 0 N–H and O–H groups in total. The molecule has 1 fully saturated rings. The first-order chi connectivity index (χ1) is 9.72. The Labute approximate surface area is 118 Å². The molecule has 20 heavy (non-hydrogen) atoms. The van der Waals surface area contributed by atoms with Gasteiger partial charge >= 0.3 is 5.97 Å². The zero-order chi connectivity index (χ0) is 14.0. The van der Waals surface area contributed by atoms with Gasteiger partial charge in [-0.3, -0.25) is 0 Å². The lowest BCUT2D eigenvalue weighted by molar-refractivity contribution is -0.204. The zero-order valence-corrected chi connectivity index (χ0v) is 11.5. The van der Waals surface area contributed by atoms with E-state index in [4.69, 9.17) is 14.2 Å². The molecule has 2 aliphatic heterocycles. The van der Waals surface area contributed by atoms with Crippen LogP contribution in [-0.2, 0) is 19.0 Å². The van der Waals surface area contributed by atoms with Crippen LogP contribution in [0.25, 0.3) is 0 Å². The van der Waals surface area contributed by atoms with Crippen LogP contribution >= 0.6 is 0 Å². The number of carbonyl (C=O) groups excluding carboxylic acids is 1. The van der Waals surface area contributed by atoms with E-state index in [0.717, 1.165) is 24.8 Å². The maximum atomic E-state index is 11.8. The van der Waals surface area contributed by atoms with Crippen LogP contribution in [0.3, 0.4) is 0 Å². The lowest BCUT2D eigenvalue weighted by atomic mass is 9.88. The van der Waals surface area contributed by atoms with Crippen molar-refractivity contribution < 1.29 is 19.0 Å². The van der Waals surface area contributed by atoms with Crippen molar-refractivity contribution in [2.75, 3.05) is 13.7 Å². The molecule has 4 heteroatoms. The first-order valence-corrected chi connectivity index (χ1v) is 6.90. The van der Waals surface area contributed by atoms with Crippen LogP contribution in [0.2, 0.25) is 0 Å². The molecule has 0 unspecified atom stereocenters. The molecule has 2 heterocycles. The van der Waals surface area contributed by atoms with Crippen LogP contribution in [0, 0.1) is 0 Å². The highest BCUT2D eigenvalue weighted by Gasteiger charge is 2.44. The van der Waals surface area contributed by atoms with Crippen molar-refractivity contribution in [3.8, 4) is 0 Å². The SMILES string of the molecule is COC(=O)C1=C[C@H](c2ccccc2)C[C@@]2(CCCO2)O1. The van der Waals surface area contributed by atoms with Crippen LogP contribution in [0.1, 0.15) is 30.7 Å². The Bertz CT molecular complexity index is 515. The fourth-order valence-corrected chi connectivity index (χ4v) is 2.89. The third-order valence-corrected chi connectivity index (χ3v) is 3.86. The molecule has 1 spiro atoms. The van der Waals surface area contributed by atoms with Crippen molar-refractivity contribution in [1.29, 1.82) is 0 Å². The predicted molar refractivity (Wildman–Crippen MR) is 72.9 cm³/mol. The van der Waals surface area contributed by atoms with E-state index in [1.807, 2.05) is 24.3 Å². The van der Waals surface area contributed by atoms with E-state index in [0.29, 0.717) is 6.61 Å². The molecule has 0 aromatic heterocycles. The summed E-state index contributed by atoms with van der Waals surface area (Å²) in [5.74, 6) is -0.745. The van der Waals surface area contributed by atoms with Gasteiger partial charge in [0.25, 0.3) is 0 Å². The molecule has 0 amide bonds. The number of allylic oxidation sites excluding steroid dienone is 1. The average molecular weight is 274 g/mol. The van der Waals surface area contributed by atoms with Crippen LogP contribution < -0.4 is 0 Å². The highest BCUT2D eigenvalue weighted by Crippen LogP contribution is 2.43. The Morgan fingerprint density at radius 1 is 1.35 bits per heavy atom. The highest BCUT2D eigenvalue weighted by molar-refractivity contribution is 5.86. The molecule has 1 aromatic rings.